The molecule has 0 amide bonds. The highest BCUT2D eigenvalue weighted by molar-refractivity contribution is 5.70. The van der Waals surface area contributed by atoms with Gasteiger partial charge in [-0.3, -0.25) is 0 Å². The zero-order chi connectivity index (χ0) is 9.52. The molecular weight excluding hydrogens is 172 g/mol. The van der Waals surface area contributed by atoms with Crippen LogP contribution in [-0.4, -0.2) is 32.1 Å². The number of hydrogen-bond acceptors (Lipinski definition) is 4. The standard InChI is InChI=1S/C9H16O4/c1-2-11-8(10)7-13-9-5-3-4-6-12-9/h9H,2-7H2,1H3/t9-/m1/s1. The first-order valence-corrected chi connectivity index (χ1v) is 4.71. The molecule has 1 aliphatic heterocycles. The van der Waals surface area contributed by atoms with Crippen LogP contribution in [-0.2, 0) is 19.0 Å². The third kappa shape index (κ3) is 4.24. The second kappa shape index (κ2) is 5.94. The lowest BCUT2D eigenvalue weighted by Crippen LogP contribution is -2.25. The molecule has 4 nitrogen and oxygen atoms in total. The first kappa shape index (κ1) is 10.5. The van der Waals surface area contributed by atoms with Crippen molar-refractivity contribution in [3.8, 4) is 0 Å². The Bertz CT molecular complexity index is 152. The van der Waals surface area contributed by atoms with Crippen LogP contribution >= 0.6 is 0 Å². The summed E-state index contributed by atoms with van der Waals surface area (Å²) in [4.78, 5) is 10.9. The molecule has 1 rings (SSSR count). The smallest absolute Gasteiger partial charge is 0.332 e. The minimum absolute atomic E-state index is 0.00148. The van der Waals surface area contributed by atoms with Crippen molar-refractivity contribution < 1.29 is 19.0 Å². The van der Waals surface area contributed by atoms with Gasteiger partial charge in [0.1, 0.15) is 6.61 Å². The van der Waals surface area contributed by atoms with Crippen molar-refractivity contribution in [2.24, 2.45) is 0 Å². The summed E-state index contributed by atoms with van der Waals surface area (Å²) in [7, 11) is 0. The molecule has 0 aliphatic carbocycles. The number of carbonyl (C=O) groups excluding carboxylic acids is 1. The van der Waals surface area contributed by atoms with Gasteiger partial charge in [0.25, 0.3) is 0 Å². The van der Waals surface area contributed by atoms with Crippen LogP contribution in [0.3, 0.4) is 0 Å². The van der Waals surface area contributed by atoms with E-state index in [9.17, 15) is 4.79 Å². The molecule has 0 bridgehead atoms. The van der Waals surface area contributed by atoms with Gasteiger partial charge in [-0.05, 0) is 26.2 Å². The van der Waals surface area contributed by atoms with Crippen molar-refractivity contribution >= 4 is 5.97 Å². The average Bonchev–Trinajstić information content (AvgIpc) is 2.17. The molecule has 4 heteroatoms. The number of ether oxygens (including phenoxy) is 3. The molecule has 1 heterocycles. The van der Waals surface area contributed by atoms with E-state index in [1.807, 2.05) is 0 Å². The fourth-order valence-electron chi connectivity index (χ4n) is 1.21. The SMILES string of the molecule is CCOC(=O)CO[C@@H]1CCCCO1. The highest BCUT2D eigenvalue weighted by atomic mass is 16.7. The summed E-state index contributed by atoms with van der Waals surface area (Å²) in [6.07, 6.45) is 2.85. The number of hydrogen-bond donors (Lipinski definition) is 0. The fraction of sp³-hybridized carbons (Fsp3) is 0.889. The Morgan fingerprint density at radius 3 is 3.00 bits per heavy atom. The lowest BCUT2D eigenvalue weighted by molar-refractivity contribution is -0.181. The summed E-state index contributed by atoms with van der Waals surface area (Å²) in [5, 5.41) is 0. The lowest BCUT2D eigenvalue weighted by atomic mass is 10.2. The summed E-state index contributed by atoms with van der Waals surface area (Å²) in [6, 6.07) is 0. The molecule has 1 fully saturated rings. The van der Waals surface area contributed by atoms with Crippen LogP contribution in [0.2, 0.25) is 0 Å². The molecule has 0 N–H and O–H groups in total. The van der Waals surface area contributed by atoms with E-state index >= 15 is 0 Å². The van der Waals surface area contributed by atoms with Crippen LogP contribution < -0.4 is 0 Å². The van der Waals surface area contributed by atoms with Crippen molar-refractivity contribution in [1.82, 2.24) is 0 Å². The van der Waals surface area contributed by atoms with Gasteiger partial charge in [-0.25, -0.2) is 4.79 Å². The average molecular weight is 188 g/mol. The molecule has 0 aromatic rings. The normalized spacial score (nSPS) is 22.7. The highest BCUT2D eigenvalue weighted by Crippen LogP contribution is 2.13. The zero-order valence-corrected chi connectivity index (χ0v) is 7.95. The van der Waals surface area contributed by atoms with Crippen molar-refractivity contribution in [2.45, 2.75) is 32.5 Å². The first-order valence-electron chi connectivity index (χ1n) is 4.71. The van der Waals surface area contributed by atoms with Crippen LogP contribution in [0.4, 0.5) is 0 Å². The van der Waals surface area contributed by atoms with Crippen LogP contribution in [0.15, 0.2) is 0 Å². The predicted molar refractivity (Wildman–Crippen MR) is 46.2 cm³/mol. The zero-order valence-electron chi connectivity index (χ0n) is 7.95. The van der Waals surface area contributed by atoms with Crippen LogP contribution in [0.5, 0.6) is 0 Å². The van der Waals surface area contributed by atoms with Gasteiger partial charge in [0, 0.05) is 6.61 Å². The summed E-state index contributed by atoms with van der Waals surface area (Å²) in [5.41, 5.74) is 0. The molecule has 1 aliphatic rings. The lowest BCUT2D eigenvalue weighted by Gasteiger charge is -2.22. The van der Waals surface area contributed by atoms with E-state index in [0.717, 1.165) is 25.9 Å². The van der Waals surface area contributed by atoms with E-state index in [0.29, 0.717) is 6.61 Å². The molecule has 0 saturated carbocycles. The molecule has 0 unspecified atom stereocenters. The van der Waals surface area contributed by atoms with E-state index in [4.69, 9.17) is 14.2 Å². The summed E-state index contributed by atoms with van der Waals surface area (Å²) < 4.78 is 15.2. The van der Waals surface area contributed by atoms with E-state index in [2.05, 4.69) is 0 Å². The number of rotatable bonds is 4. The molecule has 76 valence electrons. The molecule has 0 aromatic heterocycles. The molecule has 13 heavy (non-hydrogen) atoms. The molecule has 0 aromatic carbocycles. The molecular formula is C9H16O4. The van der Waals surface area contributed by atoms with Gasteiger partial charge in [-0.15, -0.1) is 0 Å². The van der Waals surface area contributed by atoms with E-state index in [-0.39, 0.29) is 18.9 Å². The van der Waals surface area contributed by atoms with Crippen LogP contribution in [0, 0.1) is 0 Å². The minimum Gasteiger partial charge on any atom is -0.464 e. The Morgan fingerprint density at radius 1 is 1.54 bits per heavy atom. The number of carbonyl (C=O) groups is 1. The predicted octanol–water partition coefficient (Wildman–Crippen LogP) is 1.09. The van der Waals surface area contributed by atoms with Crippen LogP contribution in [0.1, 0.15) is 26.2 Å². The maximum Gasteiger partial charge on any atom is 0.332 e. The van der Waals surface area contributed by atoms with Crippen molar-refractivity contribution in [2.75, 3.05) is 19.8 Å². The minimum atomic E-state index is -0.323. The van der Waals surface area contributed by atoms with E-state index < -0.39 is 0 Å². The highest BCUT2D eigenvalue weighted by Gasteiger charge is 2.15. The second-order valence-corrected chi connectivity index (χ2v) is 2.91. The molecule has 1 saturated heterocycles. The summed E-state index contributed by atoms with van der Waals surface area (Å²) in [5.74, 6) is -0.323. The summed E-state index contributed by atoms with van der Waals surface area (Å²) >= 11 is 0. The van der Waals surface area contributed by atoms with Gasteiger partial charge < -0.3 is 14.2 Å². The monoisotopic (exact) mass is 188 g/mol. The van der Waals surface area contributed by atoms with Crippen molar-refractivity contribution in [3.63, 3.8) is 0 Å². The quantitative estimate of drug-likeness (QED) is 0.619. The fourth-order valence-corrected chi connectivity index (χ4v) is 1.21. The maximum atomic E-state index is 10.9. The second-order valence-electron chi connectivity index (χ2n) is 2.91. The molecule has 0 spiro atoms. The van der Waals surface area contributed by atoms with Crippen LogP contribution in [0.25, 0.3) is 0 Å². The van der Waals surface area contributed by atoms with Crippen molar-refractivity contribution in [3.05, 3.63) is 0 Å². The Kier molecular flexibility index (Phi) is 4.78. The van der Waals surface area contributed by atoms with Gasteiger partial charge in [0.2, 0.25) is 0 Å². The van der Waals surface area contributed by atoms with Gasteiger partial charge in [0.05, 0.1) is 6.61 Å². The molecule has 0 radical (unpaired) electrons. The van der Waals surface area contributed by atoms with Gasteiger partial charge in [-0.1, -0.05) is 0 Å². The van der Waals surface area contributed by atoms with Gasteiger partial charge >= 0.3 is 5.97 Å². The maximum absolute atomic E-state index is 10.9. The van der Waals surface area contributed by atoms with E-state index in [1.165, 1.54) is 0 Å². The molecule has 1 atom stereocenters. The van der Waals surface area contributed by atoms with Gasteiger partial charge in [0.15, 0.2) is 6.29 Å². The summed E-state index contributed by atoms with van der Waals surface area (Å²) in [6.45, 7) is 2.90. The largest absolute Gasteiger partial charge is 0.464 e. The Morgan fingerprint density at radius 2 is 2.38 bits per heavy atom. The third-order valence-electron chi connectivity index (χ3n) is 1.83. The van der Waals surface area contributed by atoms with Gasteiger partial charge in [-0.2, -0.15) is 0 Å². The topological polar surface area (TPSA) is 44.8 Å². The number of esters is 1. The van der Waals surface area contributed by atoms with Crippen molar-refractivity contribution in [1.29, 1.82) is 0 Å². The van der Waals surface area contributed by atoms with E-state index in [1.54, 1.807) is 6.92 Å². The Hall–Kier alpha value is -0.610. The first-order chi connectivity index (χ1) is 6.33. The Labute approximate surface area is 78.2 Å². The Balaban J connectivity index is 2.06. The third-order valence-corrected chi connectivity index (χ3v) is 1.83.